The third-order valence-electron chi connectivity index (χ3n) is 7.36. The molecule has 31 heavy (non-hydrogen) atoms. The van der Waals surface area contributed by atoms with Crippen LogP contribution >= 0.6 is 0 Å². The summed E-state index contributed by atoms with van der Waals surface area (Å²) < 4.78 is 11.6. The minimum Gasteiger partial charge on any atom is -0.350 e. The number of hydrogen-bond acceptors (Lipinski definition) is 2. The molecule has 2 unspecified atom stereocenters. The molecule has 2 aromatic carbocycles. The van der Waals surface area contributed by atoms with Crippen LogP contribution in [0.15, 0.2) is 48.5 Å². The molecule has 0 N–H and O–H groups in total. The minimum atomic E-state index is -0.0337. The molecule has 1 saturated carbocycles. The molecule has 2 heteroatoms. The molecule has 2 atom stereocenters. The predicted molar refractivity (Wildman–Crippen MR) is 129 cm³/mol. The summed E-state index contributed by atoms with van der Waals surface area (Å²) in [5, 5.41) is 0. The van der Waals surface area contributed by atoms with Crippen LogP contribution in [-0.2, 0) is 16.1 Å². The van der Waals surface area contributed by atoms with Crippen molar-refractivity contribution in [2.24, 2.45) is 5.92 Å². The summed E-state index contributed by atoms with van der Waals surface area (Å²) in [6.07, 6.45) is 13.6. The van der Waals surface area contributed by atoms with Crippen molar-refractivity contribution in [3.8, 4) is 11.1 Å². The second kappa shape index (κ2) is 11.3. The van der Waals surface area contributed by atoms with Gasteiger partial charge in [-0.15, -0.1) is 0 Å². The molecule has 4 rings (SSSR count). The molecule has 0 bridgehead atoms. The molecule has 2 aromatic rings. The van der Waals surface area contributed by atoms with E-state index in [1.807, 2.05) is 0 Å². The van der Waals surface area contributed by atoms with Crippen LogP contribution in [0, 0.1) is 5.92 Å². The van der Waals surface area contributed by atoms with Crippen molar-refractivity contribution < 1.29 is 9.47 Å². The molecular formula is C29H40O2. The highest BCUT2D eigenvalue weighted by Gasteiger charge is 2.23. The Balaban J connectivity index is 1.26. The van der Waals surface area contributed by atoms with Gasteiger partial charge in [-0.2, -0.15) is 0 Å². The largest absolute Gasteiger partial charge is 0.350 e. The van der Waals surface area contributed by atoms with Crippen molar-refractivity contribution in [2.45, 2.75) is 103 Å². The smallest absolute Gasteiger partial charge is 0.158 e. The summed E-state index contributed by atoms with van der Waals surface area (Å²) >= 11 is 0. The van der Waals surface area contributed by atoms with Crippen LogP contribution in [0.1, 0.15) is 95.1 Å². The topological polar surface area (TPSA) is 18.5 Å². The molecule has 168 valence electrons. The summed E-state index contributed by atoms with van der Waals surface area (Å²) in [7, 11) is 0. The first-order valence-electron chi connectivity index (χ1n) is 12.7. The van der Waals surface area contributed by atoms with E-state index in [2.05, 4.69) is 62.4 Å². The normalized spacial score (nSPS) is 26.3. The lowest BCUT2D eigenvalue weighted by molar-refractivity contribution is -0.136. The Hall–Kier alpha value is -1.64. The van der Waals surface area contributed by atoms with Gasteiger partial charge in [0.1, 0.15) is 0 Å². The molecule has 2 fully saturated rings. The van der Waals surface area contributed by atoms with Gasteiger partial charge in [-0.25, -0.2) is 0 Å². The fraction of sp³-hybridized carbons (Fsp3) is 0.586. The third-order valence-corrected chi connectivity index (χ3v) is 7.36. The molecule has 1 aliphatic carbocycles. The highest BCUT2D eigenvalue weighted by atomic mass is 16.7. The fourth-order valence-electron chi connectivity index (χ4n) is 5.29. The molecule has 1 heterocycles. The Kier molecular flexibility index (Phi) is 8.21. The SMILES string of the molecule is CCCCCC1CCC(c2ccc(-c3ccc(COC4CCC(C)O4)cc3)cc2)CC1. The lowest BCUT2D eigenvalue weighted by atomic mass is 9.77. The van der Waals surface area contributed by atoms with E-state index in [9.17, 15) is 0 Å². The van der Waals surface area contributed by atoms with Gasteiger partial charge in [-0.1, -0.05) is 81.1 Å². The molecule has 1 aliphatic heterocycles. The van der Waals surface area contributed by atoms with Crippen molar-refractivity contribution in [3.63, 3.8) is 0 Å². The lowest BCUT2D eigenvalue weighted by Crippen LogP contribution is -2.13. The van der Waals surface area contributed by atoms with Crippen molar-refractivity contribution in [1.29, 1.82) is 0 Å². The molecule has 0 aromatic heterocycles. The zero-order chi connectivity index (χ0) is 21.5. The maximum atomic E-state index is 5.90. The zero-order valence-corrected chi connectivity index (χ0v) is 19.5. The molecule has 1 saturated heterocycles. The Morgan fingerprint density at radius 1 is 0.806 bits per heavy atom. The standard InChI is InChI=1S/C29H40O2/c1-3-4-5-6-23-8-12-25(13-9-23)27-16-18-28(19-17-27)26-14-10-24(11-15-26)21-30-29-20-7-22(2)31-29/h10-11,14-19,22-23,25,29H,3-9,12-13,20-21H2,1-2H3. The van der Waals surface area contributed by atoms with E-state index < -0.39 is 0 Å². The van der Waals surface area contributed by atoms with Crippen LogP contribution in [-0.4, -0.2) is 12.4 Å². The molecular weight excluding hydrogens is 380 g/mol. The van der Waals surface area contributed by atoms with Crippen LogP contribution < -0.4 is 0 Å². The van der Waals surface area contributed by atoms with E-state index in [1.165, 1.54) is 73.6 Å². The van der Waals surface area contributed by atoms with Crippen LogP contribution in [0.4, 0.5) is 0 Å². The number of benzene rings is 2. The maximum Gasteiger partial charge on any atom is 0.158 e. The van der Waals surface area contributed by atoms with Gasteiger partial charge < -0.3 is 9.47 Å². The highest BCUT2D eigenvalue weighted by molar-refractivity contribution is 5.64. The van der Waals surface area contributed by atoms with Gasteiger partial charge in [0.25, 0.3) is 0 Å². The van der Waals surface area contributed by atoms with E-state index in [0.29, 0.717) is 12.7 Å². The first kappa shape index (κ1) is 22.6. The molecule has 0 spiro atoms. The summed E-state index contributed by atoms with van der Waals surface area (Å²) in [5.41, 5.74) is 5.32. The second-order valence-corrected chi connectivity index (χ2v) is 9.80. The Morgan fingerprint density at radius 3 is 2.10 bits per heavy atom. The molecule has 2 nitrogen and oxygen atoms in total. The van der Waals surface area contributed by atoms with E-state index in [4.69, 9.17) is 9.47 Å². The van der Waals surface area contributed by atoms with Gasteiger partial charge in [-0.3, -0.25) is 0 Å². The summed E-state index contributed by atoms with van der Waals surface area (Å²) in [6, 6.07) is 18.1. The van der Waals surface area contributed by atoms with Gasteiger partial charge in [0.15, 0.2) is 6.29 Å². The molecule has 0 radical (unpaired) electrons. The zero-order valence-electron chi connectivity index (χ0n) is 19.5. The predicted octanol–water partition coefficient (Wildman–Crippen LogP) is 8.25. The van der Waals surface area contributed by atoms with Crippen molar-refractivity contribution in [1.82, 2.24) is 0 Å². The second-order valence-electron chi connectivity index (χ2n) is 9.80. The van der Waals surface area contributed by atoms with E-state index in [-0.39, 0.29) is 6.29 Å². The quantitative estimate of drug-likeness (QED) is 0.380. The molecule has 2 aliphatic rings. The highest BCUT2D eigenvalue weighted by Crippen LogP contribution is 2.38. The summed E-state index contributed by atoms with van der Waals surface area (Å²) in [4.78, 5) is 0. The van der Waals surface area contributed by atoms with Crippen molar-refractivity contribution in [2.75, 3.05) is 0 Å². The number of hydrogen-bond donors (Lipinski definition) is 0. The first-order chi connectivity index (χ1) is 15.2. The Bertz CT molecular complexity index is 771. The van der Waals surface area contributed by atoms with Crippen LogP contribution in [0.5, 0.6) is 0 Å². The fourth-order valence-corrected chi connectivity index (χ4v) is 5.29. The molecule has 0 amide bonds. The summed E-state index contributed by atoms with van der Waals surface area (Å²) in [6.45, 7) is 5.04. The average Bonchev–Trinajstić information content (AvgIpc) is 3.24. The van der Waals surface area contributed by atoms with Gasteiger partial charge in [0, 0.05) is 6.42 Å². The Morgan fingerprint density at radius 2 is 1.48 bits per heavy atom. The van der Waals surface area contributed by atoms with Crippen LogP contribution in [0.25, 0.3) is 11.1 Å². The van der Waals surface area contributed by atoms with E-state index in [1.54, 1.807) is 0 Å². The van der Waals surface area contributed by atoms with Crippen molar-refractivity contribution >= 4 is 0 Å². The van der Waals surface area contributed by atoms with Gasteiger partial charge >= 0.3 is 0 Å². The average molecular weight is 421 g/mol. The van der Waals surface area contributed by atoms with Gasteiger partial charge in [-0.05, 0) is 73.1 Å². The van der Waals surface area contributed by atoms with Crippen LogP contribution in [0.3, 0.4) is 0 Å². The number of rotatable bonds is 9. The van der Waals surface area contributed by atoms with Gasteiger partial charge in [0.2, 0.25) is 0 Å². The van der Waals surface area contributed by atoms with E-state index >= 15 is 0 Å². The minimum absolute atomic E-state index is 0.0337. The third kappa shape index (κ3) is 6.43. The monoisotopic (exact) mass is 420 g/mol. The van der Waals surface area contributed by atoms with E-state index in [0.717, 1.165) is 24.7 Å². The van der Waals surface area contributed by atoms with Crippen molar-refractivity contribution in [3.05, 3.63) is 59.7 Å². The number of ether oxygens (including phenoxy) is 2. The Labute approximate surface area is 189 Å². The summed E-state index contributed by atoms with van der Waals surface area (Å²) in [5.74, 6) is 1.74. The number of unbranched alkanes of at least 4 members (excludes halogenated alkanes) is 2. The first-order valence-corrected chi connectivity index (χ1v) is 12.7. The lowest BCUT2D eigenvalue weighted by Gasteiger charge is -2.29. The van der Waals surface area contributed by atoms with Gasteiger partial charge in [0.05, 0.1) is 12.7 Å². The van der Waals surface area contributed by atoms with Crippen LogP contribution in [0.2, 0.25) is 0 Å². The maximum absolute atomic E-state index is 5.90.